The van der Waals surface area contributed by atoms with Gasteiger partial charge in [-0.05, 0) is 25.3 Å². The van der Waals surface area contributed by atoms with Crippen molar-refractivity contribution in [2.24, 2.45) is 11.8 Å². The fourth-order valence-corrected chi connectivity index (χ4v) is 3.76. The zero-order valence-corrected chi connectivity index (χ0v) is 20.9. The normalized spacial score (nSPS) is 21.8. The first kappa shape index (κ1) is 28.4. The highest BCUT2D eigenvalue weighted by molar-refractivity contribution is 6.22. The molecule has 1 unspecified atom stereocenters. The lowest BCUT2D eigenvalue weighted by Gasteiger charge is -2.30. The fourth-order valence-electron chi connectivity index (χ4n) is 3.76. The molecule has 1 heterocycles. The summed E-state index contributed by atoms with van der Waals surface area (Å²) in [4.78, 5) is 62.7. The van der Waals surface area contributed by atoms with Crippen LogP contribution in [-0.4, -0.2) is 46.2 Å². The van der Waals surface area contributed by atoms with Gasteiger partial charge in [0.15, 0.2) is 5.78 Å². The Bertz CT molecular complexity index is 1080. The lowest BCUT2D eigenvalue weighted by atomic mass is 9.80. The number of carbonyl (C=O) groups is 5. The molecule has 0 bridgehead atoms. The Morgan fingerprint density at radius 1 is 1.06 bits per heavy atom. The van der Waals surface area contributed by atoms with E-state index in [1.165, 1.54) is 13.0 Å². The number of aliphatic hydroxyl groups is 1. The predicted molar refractivity (Wildman–Crippen MR) is 134 cm³/mol. The van der Waals surface area contributed by atoms with Gasteiger partial charge in [-0.3, -0.25) is 29.3 Å². The Morgan fingerprint density at radius 2 is 1.69 bits per heavy atom. The number of allylic oxidation sites excluding steroid dienone is 5. The molecule has 1 saturated heterocycles. The smallest absolute Gasteiger partial charge is 0.267 e. The summed E-state index contributed by atoms with van der Waals surface area (Å²) in [5.74, 6) is -5.59. The van der Waals surface area contributed by atoms with Gasteiger partial charge in [0.2, 0.25) is 23.3 Å². The number of hydrogen-bond donors (Lipinski definition) is 4. The van der Waals surface area contributed by atoms with E-state index in [-0.39, 0.29) is 6.42 Å². The average molecular weight is 496 g/mol. The monoisotopic (exact) mass is 495 g/mol. The van der Waals surface area contributed by atoms with E-state index >= 15 is 0 Å². The van der Waals surface area contributed by atoms with E-state index in [1.807, 2.05) is 24.4 Å². The first-order valence-electron chi connectivity index (χ1n) is 11.7. The second-order valence-corrected chi connectivity index (χ2v) is 8.91. The number of imide groups is 1. The van der Waals surface area contributed by atoms with Gasteiger partial charge in [0, 0.05) is 6.08 Å². The summed E-state index contributed by atoms with van der Waals surface area (Å²) in [5.41, 5.74) is -1.89. The standard InChI is InChI=1S/C27H33N3O6/c1-5-6-7-8-12-15-21(31)28-20(19-13-10-9-11-14-19)16-22(32)29-23(17(2)3)24(33)27(36)18(4)25(34)30-26(27)35/h5-15,17-18,20,23,36H,16H2,1-4H3,(H,28,31)(H,29,32)(H,30,34,35)/b6-5+,8-7+,15-12+/t18-,20?,23+,27-/m1/s1. The van der Waals surface area contributed by atoms with Crippen molar-refractivity contribution in [3.8, 4) is 0 Å². The maximum atomic E-state index is 13.2. The molecule has 1 fully saturated rings. The largest absolute Gasteiger partial charge is 0.372 e. The molecule has 9 heteroatoms. The van der Waals surface area contributed by atoms with Gasteiger partial charge in [0.1, 0.15) is 0 Å². The lowest BCUT2D eigenvalue weighted by molar-refractivity contribution is -0.156. The Kier molecular flexibility index (Phi) is 10.0. The topological polar surface area (TPSA) is 142 Å². The zero-order valence-electron chi connectivity index (χ0n) is 20.9. The molecule has 36 heavy (non-hydrogen) atoms. The van der Waals surface area contributed by atoms with Crippen LogP contribution in [0.3, 0.4) is 0 Å². The van der Waals surface area contributed by atoms with Crippen molar-refractivity contribution in [1.29, 1.82) is 0 Å². The molecule has 1 aliphatic rings. The van der Waals surface area contributed by atoms with E-state index in [2.05, 4.69) is 10.6 Å². The van der Waals surface area contributed by atoms with Gasteiger partial charge in [-0.15, -0.1) is 0 Å². The van der Waals surface area contributed by atoms with Gasteiger partial charge in [0.25, 0.3) is 5.91 Å². The van der Waals surface area contributed by atoms with Crippen molar-refractivity contribution in [2.75, 3.05) is 0 Å². The Morgan fingerprint density at radius 3 is 2.25 bits per heavy atom. The van der Waals surface area contributed by atoms with Crippen molar-refractivity contribution in [2.45, 2.75) is 51.8 Å². The quantitative estimate of drug-likeness (QED) is 0.159. The van der Waals surface area contributed by atoms with Crippen LogP contribution in [0.5, 0.6) is 0 Å². The summed E-state index contributed by atoms with van der Waals surface area (Å²) in [6.07, 6.45) is 9.82. The van der Waals surface area contributed by atoms with E-state index < -0.39 is 58.9 Å². The molecule has 4 N–H and O–H groups in total. The van der Waals surface area contributed by atoms with Crippen LogP contribution in [0, 0.1) is 11.8 Å². The highest BCUT2D eigenvalue weighted by Gasteiger charge is 2.59. The molecule has 0 spiro atoms. The number of hydrogen-bond acceptors (Lipinski definition) is 6. The number of ketones is 1. The summed E-state index contributed by atoms with van der Waals surface area (Å²) in [6, 6.07) is 6.94. The van der Waals surface area contributed by atoms with Crippen molar-refractivity contribution < 1.29 is 29.1 Å². The van der Waals surface area contributed by atoms with Crippen LogP contribution in [0.15, 0.2) is 66.8 Å². The highest BCUT2D eigenvalue weighted by atomic mass is 16.3. The zero-order chi connectivity index (χ0) is 26.9. The Hall–Kier alpha value is -3.85. The van der Waals surface area contributed by atoms with E-state index in [9.17, 15) is 29.1 Å². The molecule has 0 radical (unpaired) electrons. The second kappa shape index (κ2) is 12.7. The Balaban J connectivity index is 2.19. The third kappa shape index (κ3) is 6.85. The van der Waals surface area contributed by atoms with Gasteiger partial charge < -0.3 is 15.7 Å². The number of nitrogens with one attached hydrogen (secondary N) is 3. The molecule has 1 aromatic carbocycles. The summed E-state index contributed by atoms with van der Waals surface area (Å²) >= 11 is 0. The predicted octanol–water partition coefficient (Wildman–Crippen LogP) is 1.66. The molecule has 1 aliphatic heterocycles. The first-order valence-corrected chi connectivity index (χ1v) is 11.7. The molecular weight excluding hydrogens is 462 g/mol. The number of benzene rings is 1. The number of Topliss-reactive ketones (excluding diaryl/α,β-unsaturated/α-hetero) is 1. The maximum absolute atomic E-state index is 13.2. The molecule has 192 valence electrons. The number of rotatable bonds is 11. The molecular formula is C27H33N3O6. The summed E-state index contributed by atoms with van der Waals surface area (Å²) in [7, 11) is 0. The molecule has 9 nitrogen and oxygen atoms in total. The minimum atomic E-state index is -2.57. The van der Waals surface area contributed by atoms with Crippen LogP contribution in [-0.2, 0) is 24.0 Å². The van der Waals surface area contributed by atoms with Crippen molar-refractivity contribution in [1.82, 2.24) is 16.0 Å². The summed E-state index contributed by atoms with van der Waals surface area (Å²) in [5, 5.41) is 18.1. The molecule has 0 aromatic heterocycles. The fraction of sp³-hybridized carbons (Fsp3) is 0.370. The molecule has 1 aromatic rings. The second-order valence-electron chi connectivity index (χ2n) is 8.91. The lowest BCUT2D eigenvalue weighted by Crippen LogP contribution is -2.59. The van der Waals surface area contributed by atoms with Crippen molar-refractivity contribution in [3.63, 3.8) is 0 Å². The van der Waals surface area contributed by atoms with Crippen molar-refractivity contribution >= 4 is 29.4 Å². The molecule has 2 rings (SSSR count). The van der Waals surface area contributed by atoms with Crippen LogP contribution in [0.2, 0.25) is 0 Å². The Labute approximate surface area is 210 Å². The van der Waals surface area contributed by atoms with Gasteiger partial charge in [0.05, 0.1) is 24.4 Å². The molecule has 0 aliphatic carbocycles. The minimum absolute atomic E-state index is 0.201. The van der Waals surface area contributed by atoms with Crippen LogP contribution in [0.4, 0.5) is 0 Å². The average Bonchev–Trinajstić information content (AvgIpc) is 3.04. The number of amides is 4. The van der Waals surface area contributed by atoms with Crippen LogP contribution in [0.25, 0.3) is 0 Å². The van der Waals surface area contributed by atoms with Crippen LogP contribution >= 0.6 is 0 Å². The SMILES string of the molecule is C/C=C/C=C/C=C/C(=O)NC(CC(=O)N[C@H](C(=O)[C@@]1(O)C(=O)NC(=O)[C@H]1C)C(C)C)c1ccccc1. The van der Waals surface area contributed by atoms with E-state index in [0.29, 0.717) is 5.56 Å². The third-order valence-corrected chi connectivity index (χ3v) is 5.93. The van der Waals surface area contributed by atoms with Gasteiger partial charge in [-0.25, -0.2) is 0 Å². The van der Waals surface area contributed by atoms with Crippen molar-refractivity contribution in [3.05, 3.63) is 72.4 Å². The van der Waals surface area contributed by atoms with Gasteiger partial charge >= 0.3 is 0 Å². The number of carbonyl (C=O) groups excluding carboxylic acids is 5. The van der Waals surface area contributed by atoms with Gasteiger partial charge in [-0.2, -0.15) is 0 Å². The minimum Gasteiger partial charge on any atom is -0.372 e. The van der Waals surface area contributed by atoms with E-state index in [4.69, 9.17) is 0 Å². The molecule has 4 amide bonds. The summed E-state index contributed by atoms with van der Waals surface area (Å²) in [6.45, 7) is 6.44. The van der Waals surface area contributed by atoms with Crippen LogP contribution < -0.4 is 16.0 Å². The highest BCUT2D eigenvalue weighted by Crippen LogP contribution is 2.28. The van der Waals surface area contributed by atoms with E-state index in [0.717, 1.165) is 0 Å². The maximum Gasteiger partial charge on any atom is 0.267 e. The first-order chi connectivity index (χ1) is 17.0. The van der Waals surface area contributed by atoms with Gasteiger partial charge in [-0.1, -0.05) is 74.6 Å². The van der Waals surface area contributed by atoms with Crippen LogP contribution in [0.1, 0.15) is 45.7 Å². The van der Waals surface area contributed by atoms with E-state index in [1.54, 1.807) is 62.4 Å². The third-order valence-electron chi connectivity index (χ3n) is 5.93. The molecule has 4 atom stereocenters. The molecule has 0 saturated carbocycles. The summed E-state index contributed by atoms with van der Waals surface area (Å²) < 4.78 is 0.